The minimum Gasteiger partial charge on any atom is -0.492 e. The summed E-state index contributed by atoms with van der Waals surface area (Å²) in [5.74, 6) is 0.528. The minimum atomic E-state index is -0.362. The number of hydrogen-bond acceptors (Lipinski definition) is 3. The molecule has 0 heterocycles. The van der Waals surface area contributed by atoms with E-state index in [1.807, 2.05) is 0 Å². The molecule has 0 saturated carbocycles. The molecule has 0 aliphatic rings. The Labute approximate surface area is 143 Å². The zero-order valence-electron chi connectivity index (χ0n) is 11.5. The number of benzene rings is 2. The fourth-order valence-electron chi connectivity index (χ4n) is 1.69. The molecule has 0 unspecified atom stereocenters. The number of para-hydroxylation sites is 1. The third kappa shape index (κ3) is 5.09. The summed E-state index contributed by atoms with van der Waals surface area (Å²) in [7, 11) is 0. The van der Waals surface area contributed by atoms with Crippen molar-refractivity contribution in [2.75, 3.05) is 6.61 Å². The van der Waals surface area contributed by atoms with Crippen LogP contribution in [-0.2, 0) is 4.79 Å². The predicted octanol–water partition coefficient (Wildman–Crippen LogP) is 5.41. The molecule has 0 aliphatic heterocycles. The Bertz CT molecular complexity index is 659. The van der Waals surface area contributed by atoms with Crippen molar-refractivity contribution in [2.45, 2.75) is 12.8 Å². The van der Waals surface area contributed by atoms with E-state index in [9.17, 15) is 4.79 Å². The van der Waals surface area contributed by atoms with E-state index in [1.165, 1.54) is 0 Å². The Morgan fingerprint density at radius 2 is 1.73 bits per heavy atom. The van der Waals surface area contributed by atoms with E-state index in [0.717, 1.165) is 0 Å². The molecule has 0 atom stereocenters. The molecule has 0 N–H and O–H groups in total. The highest BCUT2D eigenvalue weighted by molar-refractivity contribution is 6.35. The molecule has 3 nitrogen and oxygen atoms in total. The average molecular weight is 360 g/mol. The van der Waals surface area contributed by atoms with Gasteiger partial charge in [0.2, 0.25) is 0 Å². The van der Waals surface area contributed by atoms with Gasteiger partial charge < -0.3 is 9.47 Å². The van der Waals surface area contributed by atoms with Crippen LogP contribution in [0.5, 0.6) is 11.5 Å². The van der Waals surface area contributed by atoms with Crippen molar-refractivity contribution in [2.24, 2.45) is 0 Å². The first-order valence-corrected chi connectivity index (χ1v) is 7.72. The molecule has 0 aliphatic carbocycles. The molecule has 6 heteroatoms. The molecule has 2 rings (SSSR count). The van der Waals surface area contributed by atoms with E-state index >= 15 is 0 Å². The summed E-state index contributed by atoms with van der Waals surface area (Å²) in [5, 5.41) is 1.38. The first-order chi connectivity index (χ1) is 10.6. The molecule has 0 aromatic heterocycles. The second kappa shape index (κ2) is 8.28. The fourth-order valence-corrected chi connectivity index (χ4v) is 2.33. The van der Waals surface area contributed by atoms with Crippen LogP contribution in [0.15, 0.2) is 42.5 Å². The van der Waals surface area contributed by atoms with Crippen molar-refractivity contribution in [3.63, 3.8) is 0 Å². The summed E-state index contributed by atoms with van der Waals surface area (Å²) in [5.41, 5.74) is 0. The van der Waals surface area contributed by atoms with Crippen molar-refractivity contribution in [3.05, 3.63) is 57.5 Å². The van der Waals surface area contributed by atoms with Gasteiger partial charge in [-0.1, -0.05) is 46.9 Å². The van der Waals surface area contributed by atoms with Crippen molar-refractivity contribution >= 4 is 40.8 Å². The van der Waals surface area contributed by atoms with Crippen molar-refractivity contribution in [1.82, 2.24) is 0 Å². The summed E-state index contributed by atoms with van der Waals surface area (Å²) in [4.78, 5) is 11.7. The van der Waals surface area contributed by atoms with Gasteiger partial charge in [-0.15, -0.1) is 0 Å². The van der Waals surface area contributed by atoms with Gasteiger partial charge in [-0.05, 0) is 36.8 Å². The molecule has 0 fully saturated rings. The van der Waals surface area contributed by atoms with Crippen molar-refractivity contribution in [3.8, 4) is 11.5 Å². The predicted molar refractivity (Wildman–Crippen MR) is 88.3 cm³/mol. The lowest BCUT2D eigenvalue weighted by Gasteiger charge is -2.08. The van der Waals surface area contributed by atoms with Gasteiger partial charge in [0.25, 0.3) is 0 Å². The maximum absolute atomic E-state index is 11.7. The van der Waals surface area contributed by atoms with Gasteiger partial charge >= 0.3 is 5.97 Å². The summed E-state index contributed by atoms with van der Waals surface area (Å²) >= 11 is 17.7. The van der Waals surface area contributed by atoms with E-state index < -0.39 is 0 Å². The molecule has 0 spiro atoms. The maximum atomic E-state index is 11.7. The average Bonchev–Trinajstić information content (AvgIpc) is 2.48. The topological polar surface area (TPSA) is 35.5 Å². The van der Waals surface area contributed by atoms with Crippen LogP contribution in [0.1, 0.15) is 12.8 Å². The van der Waals surface area contributed by atoms with Crippen LogP contribution >= 0.6 is 34.8 Å². The third-order valence-electron chi connectivity index (χ3n) is 2.74. The van der Waals surface area contributed by atoms with E-state index in [-0.39, 0.29) is 12.4 Å². The Balaban J connectivity index is 1.74. The number of esters is 1. The van der Waals surface area contributed by atoms with Crippen LogP contribution < -0.4 is 9.47 Å². The van der Waals surface area contributed by atoms with Crippen molar-refractivity contribution < 1.29 is 14.3 Å². The SMILES string of the molecule is O=C(CCCOc1ccc(Cl)cc1Cl)Oc1ccccc1Cl. The van der Waals surface area contributed by atoms with Gasteiger partial charge in [0.05, 0.1) is 16.7 Å². The van der Waals surface area contributed by atoms with Crippen LogP contribution in [0.4, 0.5) is 0 Å². The Morgan fingerprint density at radius 3 is 2.45 bits per heavy atom. The number of ether oxygens (including phenoxy) is 2. The molecule has 0 saturated heterocycles. The summed E-state index contributed by atoms with van der Waals surface area (Å²) in [6.07, 6.45) is 0.721. The first kappa shape index (κ1) is 16.9. The number of hydrogen-bond donors (Lipinski definition) is 0. The molecular weight excluding hydrogens is 347 g/mol. The quantitative estimate of drug-likeness (QED) is 0.393. The lowest BCUT2D eigenvalue weighted by atomic mass is 10.3. The zero-order valence-corrected chi connectivity index (χ0v) is 13.8. The number of carbonyl (C=O) groups is 1. The van der Waals surface area contributed by atoms with Crippen molar-refractivity contribution in [1.29, 1.82) is 0 Å². The van der Waals surface area contributed by atoms with Crippen LogP contribution in [-0.4, -0.2) is 12.6 Å². The van der Waals surface area contributed by atoms with Crippen LogP contribution in [0.25, 0.3) is 0 Å². The first-order valence-electron chi connectivity index (χ1n) is 6.59. The number of halogens is 3. The van der Waals surface area contributed by atoms with Crippen LogP contribution in [0.2, 0.25) is 15.1 Å². The minimum absolute atomic E-state index is 0.219. The highest BCUT2D eigenvalue weighted by Gasteiger charge is 2.08. The van der Waals surface area contributed by atoms with Gasteiger partial charge in [0, 0.05) is 11.4 Å². The lowest BCUT2D eigenvalue weighted by molar-refractivity contribution is -0.134. The summed E-state index contributed by atoms with van der Waals surface area (Å²) < 4.78 is 10.7. The molecule has 2 aromatic rings. The highest BCUT2D eigenvalue weighted by atomic mass is 35.5. The third-order valence-corrected chi connectivity index (χ3v) is 3.58. The van der Waals surface area contributed by atoms with Gasteiger partial charge in [-0.2, -0.15) is 0 Å². The maximum Gasteiger partial charge on any atom is 0.311 e. The van der Waals surface area contributed by atoms with Crippen LogP contribution in [0.3, 0.4) is 0 Å². The van der Waals surface area contributed by atoms with Gasteiger partial charge in [0.15, 0.2) is 0 Å². The Kier molecular flexibility index (Phi) is 6.37. The van der Waals surface area contributed by atoms with E-state index in [1.54, 1.807) is 42.5 Å². The molecule has 2 aromatic carbocycles. The van der Waals surface area contributed by atoms with Gasteiger partial charge in [-0.3, -0.25) is 4.79 Å². The normalized spacial score (nSPS) is 10.3. The molecule has 0 radical (unpaired) electrons. The highest BCUT2D eigenvalue weighted by Crippen LogP contribution is 2.27. The standard InChI is InChI=1S/C16H13Cl3O3/c17-11-7-8-14(13(19)10-11)21-9-3-6-16(20)22-15-5-2-1-4-12(15)18/h1-2,4-5,7-8,10H,3,6,9H2. The lowest BCUT2D eigenvalue weighted by Crippen LogP contribution is -2.10. The monoisotopic (exact) mass is 358 g/mol. The van der Waals surface area contributed by atoms with Crippen LogP contribution in [0, 0.1) is 0 Å². The number of carbonyl (C=O) groups excluding carboxylic acids is 1. The largest absolute Gasteiger partial charge is 0.492 e. The van der Waals surface area contributed by atoms with Gasteiger partial charge in [0.1, 0.15) is 11.5 Å². The summed E-state index contributed by atoms with van der Waals surface area (Å²) in [6, 6.07) is 11.8. The molecule has 22 heavy (non-hydrogen) atoms. The fraction of sp³-hybridized carbons (Fsp3) is 0.188. The smallest absolute Gasteiger partial charge is 0.311 e. The molecule has 0 bridgehead atoms. The van der Waals surface area contributed by atoms with E-state index in [2.05, 4.69) is 0 Å². The van der Waals surface area contributed by atoms with E-state index in [0.29, 0.717) is 39.6 Å². The molecular formula is C16H13Cl3O3. The van der Waals surface area contributed by atoms with Gasteiger partial charge in [-0.25, -0.2) is 0 Å². The Hall–Kier alpha value is -1.42. The second-order valence-electron chi connectivity index (χ2n) is 4.43. The molecule has 0 amide bonds. The Morgan fingerprint density at radius 1 is 0.955 bits per heavy atom. The summed E-state index contributed by atoms with van der Waals surface area (Å²) in [6.45, 7) is 0.346. The number of rotatable bonds is 6. The molecule has 116 valence electrons. The second-order valence-corrected chi connectivity index (χ2v) is 5.68. The van der Waals surface area contributed by atoms with E-state index in [4.69, 9.17) is 44.3 Å². The zero-order chi connectivity index (χ0) is 15.9.